The minimum Gasteiger partial charge on any atom is -0.378 e. The predicted octanol–water partition coefficient (Wildman–Crippen LogP) is 4.42. The van der Waals surface area contributed by atoms with E-state index >= 15 is 0 Å². The van der Waals surface area contributed by atoms with Crippen molar-refractivity contribution >= 4 is 11.8 Å². The monoisotopic (exact) mass is 423 g/mol. The quantitative estimate of drug-likeness (QED) is 0.660. The SMILES string of the molecule is Cc1cccc(-c2noc(N3CCOCC3)c2CN(CC2CC2)C(=O)C2CCCC2)c1. The highest BCUT2D eigenvalue weighted by molar-refractivity contribution is 5.80. The highest BCUT2D eigenvalue weighted by Crippen LogP contribution is 2.37. The van der Waals surface area contributed by atoms with E-state index in [9.17, 15) is 4.79 Å². The summed E-state index contributed by atoms with van der Waals surface area (Å²) in [4.78, 5) is 17.8. The van der Waals surface area contributed by atoms with Crippen LogP contribution < -0.4 is 4.90 Å². The molecule has 2 aliphatic carbocycles. The number of rotatable bonds is 7. The molecule has 5 rings (SSSR count). The van der Waals surface area contributed by atoms with Crippen LogP contribution in [0, 0.1) is 18.8 Å². The van der Waals surface area contributed by atoms with Crippen LogP contribution in [0.5, 0.6) is 0 Å². The van der Waals surface area contributed by atoms with Gasteiger partial charge in [-0.2, -0.15) is 0 Å². The first-order valence-electron chi connectivity index (χ1n) is 11.9. The second kappa shape index (κ2) is 9.03. The fraction of sp³-hybridized carbons (Fsp3) is 0.600. The Labute approximate surface area is 184 Å². The molecular weight excluding hydrogens is 390 g/mol. The number of nitrogens with zero attached hydrogens (tertiary/aromatic N) is 3. The van der Waals surface area contributed by atoms with Crippen LogP contribution >= 0.6 is 0 Å². The van der Waals surface area contributed by atoms with E-state index in [0.29, 0.717) is 31.6 Å². The largest absolute Gasteiger partial charge is 0.378 e. The zero-order valence-corrected chi connectivity index (χ0v) is 18.5. The Morgan fingerprint density at radius 2 is 1.94 bits per heavy atom. The van der Waals surface area contributed by atoms with E-state index in [4.69, 9.17) is 9.26 Å². The van der Waals surface area contributed by atoms with Crippen molar-refractivity contribution in [2.24, 2.45) is 11.8 Å². The van der Waals surface area contributed by atoms with Gasteiger partial charge in [0.05, 0.1) is 25.3 Å². The molecule has 0 bridgehead atoms. The molecule has 1 aromatic carbocycles. The summed E-state index contributed by atoms with van der Waals surface area (Å²) >= 11 is 0. The van der Waals surface area contributed by atoms with Gasteiger partial charge in [0.25, 0.3) is 0 Å². The van der Waals surface area contributed by atoms with Crippen molar-refractivity contribution in [2.75, 3.05) is 37.7 Å². The Balaban J connectivity index is 1.49. The topological polar surface area (TPSA) is 58.8 Å². The van der Waals surface area contributed by atoms with E-state index in [1.54, 1.807) is 0 Å². The summed E-state index contributed by atoms with van der Waals surface area (Å²) < 4.78 is 11.5. The molecule has 0 N–H and O–H groups in total. The van der Waals surface area contributed by atoms with Gasteiger partial charge in [0.2, 0.25) is 11.8 Å². The normalized spacial score (nSPS) is 19.7. The minimum absolute atomic E-state index is 0.188. The molecule has 0 spiro atoms. The molecule has 1 aliphatic heterocycles. The number of hydrogen-bond acceptors (Lipinski definition) is 5. The van der Waals surface area contributed by atoms with Gasteiger partial charge < -0.3 is 19.1 Å². The molecule has 3 aliphatic rings. The number of carbonyl (C=O) groups is 1. The summed E-state index contributed by atoms with van der Waals surface area (Å²) in [6.45, 7) is 6.47. The Hall–Kier alpha value is -2.34. The molecule has 1 saturated heterocycles. The summed E-state index contributed by atoms with van der Waals surface area (Å²) in [6.07, 6.45) is 6.89. The minimum atomic E-state index is 0.188. The van der Waals surface area contributed by atoms with E-state index in [2.05, 4.69) is 46.1 Å². The number of anilines is 1. The first-order chi connectivity index (χ1) is 15.2. The molecule has 1 amide bonds. The van der Waals surface area contributed by atoms with Crippen molar-refractivity contribution in [1.29, 1.82) is 0 Å². The summed E-state index contributed by atoms with van der Waals surface area (Å²) in [5.41, 5.74) is 4.15. The third-order valence-electron chi connectivity index (χ3n) is 6.90. The smallest absolute Gasteiger partial charge is 0.233 e. The lowest BCUT2D eigenvalue weighted by molar-refractivity contribution is -0.136. The molecule has 6 heteroatoms. The first-order valence-corrected chi connectivity index (χ1v) is 11.9. The average molecular weight is 424 g/mol. The third kappa shape index (κ3) is 4.64. The maximum absolute atomic E-state index is 13.5. The Kier molecular flexibility index (Phi) is 5.99. The van der Waals surface area contributed by atoms with Crippen molar-refractivity contribution in [2.45, 2.75) is 52.0 Å². The van der Waals surface area contributed by atoms with Gasteiger partial charge in [-0.3, -0.25) is 4.79 Å². The number of ether oxygens (including phenoxy) is 1. The molecule has 2 saturated carbocycles. The van der Waals surface area contributed by atoms with Crippen LogP contribution in [0.3, 0.4) is 0 Å². The van der Waals surface area contributed by atoms with Gasteiger partial charge in [-0.25, -0.2) is 0 Å². The molecule has 0 radical (unpaired) electrons. The lowest BCUT2D eigenvalue weighted by Crippen LogP contribution is -2.39. The van der Waals surface area contributed by atoms with Crippen molar-refractivity contribution in [3.63, 3.8) is 0 Å². The second-order valence-corrected chi connectivity index (χ2v) is 9.43. The number of benzene rings is 1. The molecule has 2 heterocycles. The standard InChI is InChI=1S/C25H33N3O3/c1-18-5-4-8-21(15-18)23-22(25(31-26-23)27-11-13-30-14-12-27)17-28(16-19-9-10-19)24(29)20-6-2-3-7-20/h4-5,8,15,19-20H,2-3,6-7,9-14,16-17H2,1H3. The van der Waals surface area contributed by atoms with Gasteiger partial charge in [0.15, 0.2) is 0 Å². The molecule has 31 heavy (non-hydrogen) atoms. The van der Waals surface area contributed by atoms with E-state index in [1.807, 2.05) is 0 Å². The number of carbonyl (C=O) groups excluding carboxylic acids is 1. The van der Waals surface area contributed by atoms with E-state index in [0.717, 1.165) is 55.2 Å². The number of aryl methyl sites for hydroxylation is 1. The van der Waals surface area contributed by atoms with Gasteiger partial charge >= 0.3 is 0 Å². The Morgan fingerprint density at radius 3 is 2.65 bits per heavy atom. The number of amides is 1. The molecule has 0 unspecified atom stereocenters. The summed E-state index contributed by atoms with van der Waals surface area (Å²) in [5.74, 6) is 1.97. The Morgan fingerprint density at radius 1 is 1.16 bits per heavy atom. The van der Waals surface area contributed by atoms with Crippen molar-refractivity contribution in [3.05, 3.63) is 35.4 Å². The van der Waals surface area contributed by atoms with Crippen LogP contribution in [0.4, 0.5) is 5.88 Å². The van der Waals surface area contributed by atoms with Gasteiger partial charge in [-0.1, -0.05) is 41.8 Å². The van der Waals surface area contributed by atoms with Crippen LogP contribution in [-0.2, 0) is 16.1 Å². The second-order valence-electron chi connectivity index (χ2n) is 9.43. The van der Waals surface area contributed by atoms with Gasteiger partial charge in [0, 0.05) is 31.1 Å². The molecule has 2 aromatic rings. The van der Waals surface area contributed by atoms with Crippen LogP contribution in [0.2, 0.25) is 0 Å². The number of hydrogen-bond donors (Lipinski definition) is 0. The zero-order valence-electron chi connectivity index (χ0n) is 18.5. The molecule has 166 valence electrons. The fourth-order valence-electron chi connectivity index (χ4n) is 4.94. The molecular formula is C25H33N3O3. The van der Waals surface area contributed by atoms with Crippen LogP contribution in [-0.4, -0.2) is 48.8 Å². The van der Waals surface area contributed by atoms with E-state index < -0.39 is 0 Å². The zero-order chi connectivity index (χ0) is 21.2. The molecule has 1 aromatic heterocycles. The van der Waals surface area contributed by atoms with E-state index in [1.165, 1.54) is 31.2 Å². The third-order valence-corrected chi connectivity index (χ3v) is 6.90. The maximum atomic E-state index is 13.5. The van der Waals surface area contributed by atoms with Gasteiger partial charge in [-0.05, 0) is 44.6 Å². The summed E-state index contributed by atoms with van der Waals surface area (Å²) in [7, 11) is 0. The molecule has 0 atom stereocenters. The van der Waals surface area contributed by atoms with Crippen LogP contribution in [0.1, 0.15) is 49.7 Å². The lowest BCUT2D eigenvalue weighted by Gasteiger charge is -2.29. The fourth-order valence-corrected chi connectivity index (χ4v) is 4.94. The first kappa shape index (κ1) is 20.6. The number of aromatic nitrogens is 1. The predicted molar refractivity (Wildman–Crippen MR) is 120 cm³/mol. The van der Waals surface area contributed by atoms with Gasteiger partial charge in [0.1, 0.15) is 5.69 Å². The highest BCUT2D eigenvalue weighted by atomic mass is 16.5. The summed E-state index contributed by atoms with van der Waals surface area (Å²) in [6, 6.07) is 8.38. The molecule has 6 nitrogen and oxygen atoms in total. The Bertz CT molecular complexity index is 908. The van der Waals surface area contributed by atoms with Crippen molar-refractivity contribution in [1.82, 2.24) is 10.1 Å². The number of morpholine rings is 1. The maximum Gasteiger partial charge on any atom is 0.233 e. The summed E-state index contributed by atoms with van der Waals surface area (Å²) in [5, 5.41) is 4.51. The molecule has 3 fully saturated rings. The lowest BCUT2D eigenvalue weighted by atomic mass is 10.0. The van der Waals surface area contributed by atoms with Crippen molar-refractivity contribution < 1.29 is 14.1 Å². The van der Waals surface area contributed by atoms with E-state index in [-0.39, 0.29) is 5.92 Å². The van der Waals surface area contributed by atoms with Crippen LogP contribution in [0.25, 0.3) is 11.3 Å². The van der Waals surface area contributed by atoms with Crippen LogP contribution in [0.15, 0.2) is 28.8 Å². The van der Waals surface area contributed by atoms with Gasteiger partial charge in [-0.15, -0.1) is 0 Å². The highest BCUT2D eigenvalue weighted by Gasteiger charge is 2.34. The van der Waals surface area contributed by atoms with Crippen molar-refractivity contribution in [3.8, 4) is 11.3 Å². The average Bonchev–Trinajstić information content (AvgIpc) is 3.26.